The lowest BCUT2D eigenvalue weighted by atomic mass is 10.1. The first-order valence-electron chi connectivity index (χ1n) is 6.89. The summed E-state index contributed by atoms with van der Waals surface area (Å²) in [4.78, 5) is 11.9. The second-order valence-electron chi connectivity index (χ2n) is 4.97. The van der Waals surface area contributed by atoms with Gasteiger partial charge in [0.25, 0.3) is 0 Å². The minimum Gasteiger partial charge on any atom is -0.380 e. The number of rotatable bonds is 6. The zero-order chi connectivity index (χ0) is 13.5. The molecule has 1 aromatic rings. The normalized spacial score (nSPS) is 18.5. The van der Waals surface area contributed by atoms with Crippen molar-refractivity contribution in [2.45, 2.75) is 38.3 Å². The zero-order valence-corrected chi connectivity index (χ0v) is 11.4. The van der Waals surface area contributed by atoms with Crippen LogP contribution >= 0.6 is 0 Å². The Hall–Kier alpha value is -1.39. The summed E-state index contributed by atoms with van der Waals surface area (Å²) in [7, 11) is 1.66. The highest BCUT2D eigenvalue weighted by Gasteiger charge is 2.15. The highest BCUT2D eigenvalue weighted by atomic mass is 16.5. The van der Waals surface area contributed by atoms with Crippen LogP contribution in [0.1, 0.15) is 31.2 Å². The first-order valence-corrected chi connectivity index (χ1v) is 6.89. The molecule has 0 saturated carbocycles. The van der Waals surface area contributed by atoms with E-state index in [1.54, 1.807) is 7.11 Å². The van der Waals surface area contributed by atoms with E-state index < -0.39 is 0 Å². The van der Waals surface area contributed by atoms with E-state index in [1.165, 1.54) is 12.8 Å². The van der Waals surface area contributed by atoms with E-state index in [1.807, 2.05) is 24.3 Å². The van der Waals surface area contributed by atoms with Crippen LogP contribution < -0.4 is 10.6 Å². The maximum atomic E-state index is 11.9. The molecule has 1 amide bonds. The summed E-state index contributed by atoms with van der Waals surface area (Å²) in [6.07, 6.45) is 3.90. The molecule has 4 heteroatoms. The Morgan fingerprint density at radius 2 is 2.32 bits per heavy atom. The van der Waals surface area contributed by atoms with Crippen molar-refractivity contribution in [1.29, 1.82) is 0 Å². The second kappa shape index (κ2) is 7.26. The molecule has 2 N–H and O–H groups in total. The number of benzene rings is 1. The minimum atomic E-state index is 0.0808. The molecule has 0 spiro atoms. The molecule has 4 nitrogen and oxygen atoms in total. The lowest BCUT2D eigenvalue weighted by Gasteiger charge is -2.12. The third kappa shape index (κ3) is 4.33. The van der Waals surface area contributed by atoms with Crippen molar-refractivity contribution in [1.82, 2.24) is 5.32 Å². The number of carbonyl (C=O) groups is 1. The number of para-hydroxylation sites is 1. The lowest BCUT2D eigenvalue weighted by molar-refractivity contribution is -0.116. The van der Waals surface area contributed by atoms with Crippen molar-refractivity contribution in [2.24, 2.45) is 0 Å². The van der Waals surface area contributed by atoms with Gasteiger partial charge in [0.1, 0.15) is 0 Å². The molecule has 1 saturated heterocycles. The van der Waals surface area contributed by atoms with Gasteiger partial charge in [-0.25, -0.2) is 0 Å². The molecule has 1 aliphatic heterocycles. The monoisotopic (exact) mass is 262 g/mol. The number of ether oxygens (including phenoxy) is 1. The predicted octanol–water partition coefficient (Wildman–Crippen LogP) is 2.30. The molecule has 1 aromatic carbocycles. The van der Waals surface area contributed by atoms with E-state index in [9.17, 15) is 4.79 Å². The van der Waals surface area contributed by atoms with Crippen molar-refractivity contribution >= 4 is 11.6 Å². The van der Waals surface area contributed by atoms with Gasteiger partial charge in [-0.05, 0) is 31.9 Å². The van der Waals surface area contributed by atoms with Gasteiger partial charge in [-0.1, -0.05) is 18.2 Å². The molecule has 104 valence electrons. The van der Waals surface area contributed by atoms with Crippen molar-refractivity contribution in [3.8, 4) is 0 Å². The Kier molecular flexibility index (Phi) is 5.36. The number of amides is 1. The Morgan fingerprint density at radius 1 is 1.47 bits per heavy atom. The van der Waals surface area contributed by atoms with Crippen molar-refractivity contribution < 1.29 is 9.53 Å². The van der Waals surface area contributed by atoms with Gasteiger partial charge < -0.3 is 15.4 Å². The van der Waals surface area contributed by atoms with Crippen molar-refractivity contribution in [3.05, 3.63) is 29.8 Å². The molecule has 1 aliphatic rings. The van der Waals surface area contributed by atoms with E-state index in [0.29, 0.717) is 19.1 Å². The van der Waals surface area contributed by atoms with Gasteiger partial charge in [0.05, 0.1) is 6.61 Å². The van der Waals surface area contributed by atoms with Crippen molar-refractivity contribution in [2.75, 3.05) is 19.0 Å². The number of anilines is 1. The molecule has 0 aromatic heterocycles. The average Bonchev–Trinajstić information content (AvgIpc) is 2.92. The molecule has 19 heavy (non-hydrogen) atoms. The molecule has 0 aliphatic carbocycles. The molecule has 1 unspecified atom stereocenters. The quantitative estimate of drug-likeness (QED) is 0.827. The summed E-state index contributed by atoms with van der Waals surface area (Å²) in [5.74, 6) is 0.0808. The third-order valence-corrected chi connectivity index (χ3v) is 3.47. The molecule has 0 bridgehead atoms. The van der Waals surface area contributed by atoms with Crippen LogP contribution in [-0.2, 0) is 16.1 Å². The van der Waals surface area contributed by atoms with Gasteiger partial charge in [0.15, 0.2) is 0 Å². The third-order valence-electron chi connectivity index (χ3n) is 3.47. The molecular formula is C15H22N2O2. The summed E-state index contributed by atoms with van der Waals surface area (Å²) in [6, 6.07) is 8.28. The van der Waals surface area contributed by atoms with Crippen LogP contribution in [0.15, 0.2) is 24.3 Å². The second-order valence-corrected chi connectivity index (χ2v) is 4.97. The molecule has 0 radical (unpaired) electrons. The first-order chi connectivity index (χ1) is 9.29. The summed E-state index contributed by atoms with van der Waals surface area (Å²) in [6.45, 7) is 1.60. The number of nitrogens with one attached hydrogen (secondary N) is 2. The highest BCUT2D eigenvalue weighted by Crippen LogP contribution is 2.17. The summed E-state index contributed by atoms with van der Waals surface area (Å²) in [5, 5.41) is 6.38. The standard InChI is InChI=1S/C15H22N2O2/c1-19-11-12-5-2-3-7-14(12)17-15(18)9-8-13-6-4-10-16-13/h2-3,5,7,13,16H,4,6,8-11H2,1H3,(H,17,18). The topological polar surface area (TPSA) is 50.4 Å². The average molecular weight is 262 g/mol. The zero-order valence-electron chi connectivity index (χ0n) is 11.4. The Labute approximate surface area is 114 Å². The number of methoxy groups -OCH3 is 1. The van der Waals surface area contributed by atoms with Crippen LogP contribution in [0.3, 0.4) is 0 Å². The van der Waals surface area contributed by atoms with E-state index in [-0.39, 0.29) is 5.91 Å². The Morgan fingerprint density at radius 3 is 3.05 bits per heavy atom. The Bertz CT molecular complexity index is 414. The summed E-state index contributed by atoms with van der Waals surface area (Å²) in [5.41, 5.74) is 1.87. The molecule has 2 rings (SSSR count). The fourth-order valence-corrected chi connectivity index (χ4v) is 2.44. The van der Waals surface area contributed by atoms with Crippen LogP contribution in [0.2, 0.25) is 0 Å². The van der Waals surface area contributed by atoms with Gasteiger partial charge in [0.2, 0.25) is 5.91 Å². The number of carbonyl (C=O) groups excluding carboxylic acids is 1. The first kappa shape index (κ1) is 14.0. The Balaban J connectivity index is 1.83. The maximum Gasteiger partial charge on any atom is 0.224 e. The van der Waals surface area contributed by atoms with E-state index in [4.69, 9.17) is 4.74 Å². The van der Waals surface area contributed by atoms with E-state index in [2.05, 4.69) is 10.6 Å². The number of hydrogen-bond acceptors (Lipinski definition) is 3. The summed E-state index contributed by atoms with van der Waals surface area (Å²) < 4.78 is 5.13. The van der Waals surface area contributed by atoms with Gasteiger partial charge in [-0.2, -0.15) is 0 Å². The van der Waals surface area contributed by atoms with E-state index >= 15 is 0 Å². The van der Waals surface area contributed by atoms with Gasteiger partial charge in [-0.3, -0.25) is 4.79 Å². The fraction of sp³-hybridized carbons (Fsp3) is 0.533. The number of hydrogen-bond donors (Lipinski definition) is 2. The predicted molar refractivity (Wildman–Crippen MR) is 76.0 cm³/mol. The molecule has 1 fully saturated rings. The molecule has 1 atom stereocenters. The SMILES string of the molecule is COCc1ccccc1NC(=O)CCC1CCCN1. The van der Waals surface area contributed by atoms with Crippen molar-refractivity contribution in [3.63, 3.8) is 0 Å². The smallest absolute Gasteiger partial charge is 0.224 e. The fourth-order valence-electron chi connectivity index (χ4n) is 2.44. The molecular weight excluding hydrogens is 240 g/mol. The van der Waals surface area contributed by atoms with Crippen LogP contribution in [-0.4, -0.2) is 25.6 Å². The van der Waals surface area contributed by atoms with Gasteiger partial charge in [0, 0.05) is 30.8 Å². The van der Waals surface area contributed by atoms with Gasteiger partial charge >= 0.3 is 0 Å². The van der Waals surface area contributed by atoms with Crippen LogP contribution in [0.4, 0.5) is 5.69 Å². The lowest BCUT2D eigenvalue weighted by Crippen LogP contribution is -2.23. The maximum absolute atomic E-state index is 11.9. The molecule has 1 heterocycles. The van der Waals surface area contributed by atoms with Crippen LogP contribution in [0.25, 0.3) is 0 Å². The summed E-state index contributed by atoms with van der Waals surface area (Å²) >= 11 is 0. The minimum absolute atomic E-state index is 0.0808. The van der Waals surface area contributed by atoms with E-state index in [0.717, 1.165) is 24.2 Å². The largest absolute Gasteiger partial charge is 0.380 e. The van der Waals surface area contributed by atoms with Crippen LogP contribution in [0, 0.1) is 0 Å². The highest BCUT2D eigenvalue weighted by molar-refractivity contribution is 5.91. The van der Waals surface area contributed by atoms with Crippen LogP contribution in [0.5, 0.6) is 0 Å². The van der Waals surface area contributed by atoms with Gasteiger partial charge in [-0.15, -0.1) is 0 Å².